The van der Waals surface area contributed by atoms with E-state index in [1.54, 1.807) is 12.1 Å². The highest BCUT2D eigenvalue weighted by Gasteiger charge is 2.06. The molecule has 2 aromatic rings. The highest BCUT2D eigenvalue weighted by molar-refractivity contribution is 5.48. The van der Waals surface area contributed by atoms with Crippen LogP contribution >= 0.6 is 0 Å². The molecule has 2 nitrogen and oxygen atoms in total. The molecule has 20 heavy (non-hydrogen) atoms. The third kappa shape index (κ3) is 3.16. The number of aryl methyl sites for hydroxylation is 1. The van der Waals surface area contributed by atoms with Crippen molar-refractivity contribution in [1.29, 1.82) is 5.26 Å². The zero-order valence-electron chi connectivity index (χ0n) is 11.7. The molecule has 0 spiro atoms. The zero-order valence-corrected chi connectivity index (χ0v) is 11.7. The molecule has 0 atom stereocenters. The van der Waals surface area contributed by atoms with Crippen molar-refractivity contribution in [1.82, 2.24) is 0 Å². The van der Waals surface area contributed by atoms with Gasteiger partial charge in [0.15, 0.2) is 0 Å². The van der Waals surface area contributed by atoms with Gasteiger partial charge in [0.25, 0.3) is 0 Å². The Kier molecular flexibility index (Phi) is 4.37. The molecule has 0 unspecified atom stereocenters. The number of nitrogens with zero attached hydrogens (tertiary/aromatic N) is 2. The van der Waals surface area contributed by atoms with Crippen molar-refractivity contribution in [2.45, 2.75) is 19.9 Å². The highest BCUT2D eigenvalue weighted by Crippen LogP contribution is 2.18. The summed E-state index contributed by atoms with van der Waals surface area (Å²) < 4.78 is 13.3. The van der Waals surface area contributed by atoms with Crippen LogP contribution in [0.1, 0.15) is 23.6 Å². The second-order valence-corrected chi connectivity index (χ2v) is 4.80. The van der Waals surface area contributed by atoms with Crippen molar-refractivity contribution in [3.05, 3.63) is 65.0 Å². The van der Waals surface area contributed by atoms with E-state index < -0.39 is 5.82 Å². The molecule has 0 heterocycles. The van der Waals surface area contributed by atoms with Gasteiger partial charge in [0.05, 0.1) is 5.56 Å². The molecule has 102 valence electrons. The van der Waals surface area contributed by atoms with E-state index >= 15 is 0 Å². The van der Waals surface area contributed by atoms with Crippen LogP contribution < -0.4 is 4.90 Å². The average Bonchev–Trinajstić information content (AvgIpc) is 2.49. The Morgan fingerprint density at radius 1 is 1.10 bits per heavy atom. The SMILES string of the molecule is CCc1ccc(N(C)Cc2ccc(F)c(C#N)c2)cc1. The summed E-state index contributed by atoms with van der Waals surface area (Å²) in [4.78, 5) is 2.08. The van der Waals surface area contributed by atoms with E-state index in [0.717, 1.165) is 17.7 Å². The Hall–Kier alpha value is -2.34. The molecular weight excluding hydrogens is 251 g/mol. The molecule has 0 aliphatic heterocycles. The van der Waals surface area contributed by atoms with E-state index in [0.29, 0.717) is 6.54 Å². The molecule has 2 aromatic carbocycles. The summed E-state index contributed by atoms with van der Waals surface area (Å²) in [6.45, 7) is 2.76. The first-order chi connectivity index (χ1) is 9.63. The van der Waals surface area contributed by atoms with Crippen LogP contribution in [0.15, 0.2) is 42.5 Å². The summed E-state index contributed by atoms with van der Waals surface area (Å²) in [5.41, 5.74) is 3.42. The van der Waals surface area contributed by atoms with Gasteiger partial charge in [0.1, 0.15) is 11.9 Å². The number of halogens is 1. The minimum absolute atomic E-state index is 0.0947. The number of hydrogen-bond donors (Lipinski definition) is 0. The van der Waals surface area contributed by atoms with E-state index in [2.05, 4.69) is 36.1 Å². The smallest absolute Gasteiger partial charge is 0.140 e. The molecule has 2 rings (SSSR count). The Labute approximate surface area is 119 Å². The topological polar surface area (TPSA) is 27.0 Å². The first-order valence-electron chi connectivity index (χ1n) is 6.62. The molecule has 0 saturated carbocycles. The lowest BCUT2D eigenvalue weighted by Crippen LogP contribution is -2.16. The van der Waals surface area contributed by atoms with Crippen LogP contribution in [0.4, 0.5) is 10.1 Å². The number of nitriles is 1. The third-order valence-electron chi connectivity index (χ3n) is 3.36. The van der Waals surface area contributed by atoms with Crippen molar-refractivity contribution >= 4 is 5.69 Å². The fourth-order valence-electron chi connectivity index (χ4n) is 2.11. The van der Waals surface area contributed by atoms with Crippen LogP contribution in [0.2, 0.25) is 0 Å². The van der Waals surface area contributed by atoms with E-state index in [4.69, 9.17) is 5.26 Å². The zero-order chi connectivity index (χ0) is 14.5. The second kappa shape index (κ2) is 6.21. The molecule has 0 aromatic heterocycles. The first kappa shape index (κ1) is 14.1. The quantitative estimate of drug-likeness (QED) is 0.841. The highest BCUT2D eigenvalue weighted by atomic mass is 19.1. The van der Waals surface area contributed by atoms with E-state index in [1.807, 2.05) is 13.1 Å². The third-order valence-corrected chi connectivity index (χ3v) is 3.36. The fraction of sp³-hybridized carbons (Fsp3) is 0.235. The normalized spacial score (nSPS) is 10.1. The van der Waals surface area contributed by atoms with Crippen LogP contribution in [-0.4, -0.2) is 7.05 Å². The van der Waals surface area contributed by atoms with Crippen molar-refractivity contribution in [2.24, 2.45) is 0 Å². The summed E-state index contributed by atoms with van der Waals surface area (Å²) in [5, 5.41) is 8.85. The molecule has 0 aliphatic carbocycles. The Morgan fingerprint density at radius 3 is 2.35 bits per heavy atom. The largest absolute Gasteiger partial charge is 0.370 e. The van der Waals surface area contributed by atoms with Gasteiger partial charge in [0.2, 0.25) is 0 Å². The molecule has 0 saturated heterocycles. The average molecular weight is 268 g/mol. The van der Waals surface area contributed by atoms with Crippen LogP contribution in [0.5, 0.6) is 0 Å². The van der Waals surface area contributed by atoms with Crippen LogP contribution in [0.25, 0.3) is 0 Å². The molecule has 0 bridgehead atoms. The maximum atomic E-state index is 13.3. The predicted molar refractivity (Wildman–Crippen MR) is 79.0 cm³/mol. The molecule has 0 aliphatic rings. The summed E-state index contributed by atoms with van der Waals surface area (Å²) in [7, 11) is 1.98. The van der Waals surface area contributed by atoms with Gasteiger partial charge in [-0.3, -0.25) is 0 Å². The van der Waals surface area contributed by atoms with Crippen LogP contribution in [-0.2, 0) is 13.0 Å². The van der Waals surface area contributed by atoms with E-state index in [1.165, 1.54) is 11.6 Å². The van der Waals surface area contributed by atoms with Gasteiger partial charge in [-0.05, 0) is 41.8 Å². The number of anilines is 1. The van der Waals surface area contributed by atoms with Crippen molar-refractivity contribution in [3.63, 3.8) is 0 Å². The van der Waals surface area contributed by atoms with Gasteiger partial charge in [-0.25, -0.2) is 4.39 Å². The first-order valence-corrected chi connectivity index (χ1v) is 6.62. The second-order valence-electron chi connectivity index (χ2n) is 4.80. The summed E-state index contributed by atoms with van der Waals surface area (Å²) in [5.74, 6) is -0.466. The molecular formula is C17H17FN2. The fourth-order valence-corrected chi connectivity index (χ4v) is 2.11. The van der Waals surface area contributed by atoms with Crippen LogP contribution in [0.3, 0.4) is 0 Å². The van der Waals surface area contributed by atoms with Crippen LogP contribution in [0, 0.1) is 17.1 Å². The van der Waals surface area contributed by atoms with Gasteiger partial charge < -0.3 is 4.90 Å². The standard InChI is InChI=1S/C17H17FN2/c1-3-13-4-7-16(8-5-13)20(2)12-14-6-9-17(18)15(10-14)11-19/h4-10H,3,12H2,1-2H3. The number of hydrogen-bond acceptors (Lipinski definition) is 2. The van der Waals surface area contributed by atoms with E-state index in [-0.39, 0.29) is 5.56 Å². The summed E-state index contributed by atoms with van der Waals surface area (Å²) >= 11 is 0. The molecule has 3 heteroatoms. The minimum atomic E-state index is -0.466. The van der Waals surface area contributed by atoms with Crippen molar-refractivity contribution in [3.8, 4) is 6.07 Å². The lowest BCUT2D eigenvalue weighted by molar-refractivity contribution is 0.623. The summed E-state index contributed by atoms with van der Waals surface area (Å²) in [6, 6.07) is 14.9. The lowest BCUT2D eigenvalue weighted by Gasteiger charge is -2.20. The molecule has 0 radical (unpaired) electrons. The Bertz CT molecular complexity index is 626. The van der Waals surface area contributed by atoms with Gasteiger partial charge >= 0.3 is 0 Å². The minimum Gasteiger partial charge on any atom is -0.370 e. The number of rotatable bonds is 4. The van der Waals surface area contributed by atoms with E-state index in [9.17, 15) is 4.39 Å². The maximum Gasteiger partial charge on any atom is 0.140 e. The maximum absolute atomic E-state index is 13.3. The van der Waals surface area contributed by atoms with Gasteiger partial charge in [-0.15, -0.1) is 0 Å². The predicted octanol–water partition coefficient (Wildman–Crippen LogP) is 3.90. The van der Waals surface area contributed by atoms with Gasteiger partial charge in [-0.2, -0.15) is 5.26 Å². The lowest BCUT2D eigenvalue weighted by atomic mass is 10.1. The van der Waals surface area contributed by atoms with Gasteiger partial charge in [0, 0.05) is 19.3 Å². The van der Waals surface area contributed by atoms with Crippen molar-refractivity contribution in [2.75, 3.05) is 11.9 Å². The Balaban J connectivity index is 2.14. The molecule has 0 N–H and O–H groups in total. The monoisotopic (exact) mass is 268 g/mol. The van der Waals surface area contributed by atoms with Crippen molar-refractivity contribution < 1.29 is 4.39 Å². The number of benzene rings is 2. The summed E-state index contributed by atoms with van der Waals surface area (Å²) in [6.07, 6.45) is 1.02. The molecule has 0 amide bonds. The molecule has 0 fully saturated rings. The Morgan fingerprint density at radius 2 is 1.75 bits per heavy atom. The van der Waals surface area contributed by atoms with Gasteiger partial charge in [-0.1, -0.05) is 25.1 Å².